The van der Waals surface area contributed by atoms with Gasteiger partial charge >= 0.3 is 0 Å². The van der Waals surface area contributed by atoms with E-state index in [0.29, 0.717) is 17.3 Å². The summed E-state index contributed by atoms with van der Waals surface area (Å²) in [5, 5.41) is 4.76. The van der Waals surface area contributed by atoms with E-state index in [2.05, 4.69) is 5.10 Å². The van der Waals surface area contributed by atoms with Gasteiger partial charge in [-0.05, 0) is 6.92 Å². The number of halogens is 1. The minimum Gasteiger partial charge on any atom is -0.298 e. The molecular formula is C10H15ClN2O. The number of rotatable bonds is 2. The first-order valence-electron chi connectivity index (χ1n) is 4.63. The molecule has 0 radical (unpaired) electrons. The molecule has 0 aliphatic heterocycles. The first-order valence-corrected chi connectivity index (χ1v) is 5.01. The number of aldehydes is 1. The lowest BCUT2D eigenvalue weighted by Gasteiger charge is -2.15. The Morgan fingerprint density at radius 2 is 2.07 bits per heavy atom. The Morgan fingerprint density at radius 1 is 1.50 bits per heavy atom. The number of hydrogen-bond donors (Lipinski definition) is 0. The highest BCUT2D eigenvalue weighted by atomic mass is 35.5. The fourth-order valence-electron chi connectivity index (χ4n) is 1.32. The minimum atomic E-state index is -0.152. The second-order valence-electron chi connectivity index (χ2n) is 4.24. The molecule has 0 saturated heterocycles. The Hall–Kier alpha value is -0.830. The predicted octanol–water partition coefficient (Wildman–Crippen LogP) is 2.67. The maximum absolute atomic E-state index is 10.9. The molecule has 0 amide bonds. The van der Waals surface area contributed by atoms with Gasteiger partial charge in [0.15, 0.2) is 6.29 Å². The number of carbonyl (C=O) groups excluding carboxylic acids is 1. The van der Waals surface area contributed by atoms with Gasteiger partial charge < -0.3 is 0 Å². The molecule has 1 rings (SSSR count). The number of carbonyl (C=O) groups is 1. The van der Waals surface area contributed by atoms with Crippen LogP contribution in [0.4, 0.5) is 0 Å². The topological polar surface area (TPSA) is 34.9 Å². The standard InChI is InChI=1S/C10H15ClN2O/c1-5-13-9(11)7(6-14)8(12-13)10(2,3)4/h6H,5H2,1-4H3. The quantitative estimate of drug-likeness (QED) is 0.710. The zero-order chi connectivity index (χ0) is 10.9. The van der Waals surface area contributed by atoms with Crippen molar-refractivity contribution in [2.24, 2.45) is 0 Å². The molecule has 0 atom stereocenters. The number of aromatic nitrogens is 2. The van der Waals surface area contributed by atoms with Gasteiger partial charge in [-0.3, -0.25) is 9.48 Å². The second-order valence-corrected chi connectivity index (χ2v) is 4.59. The monoisotopic (exact) mass is 214 g/mol. The molecule has 1 aromatic heterocycles. The van der Waals surface area contributed by atoms with Crippen molar-refractivity contribution >= 4 is 17.9 Å². The zero-order valence-corrected chi connectivity index (χ0v) is 9.72. The summed E-state index contributed by atoms with van der Waals surface area (Å²) in [4.78, 5) is 10.9. The lowest BCUT2D eigenvalue weighted by molar-refractivity contribution is 0.112. The van der Waals surface area contributed by atoms with Crippen LogP contribution in [0.1, 0.15) is 43.7 Å². The average Bonchev–Trinajstić information content (AvgIpc) is 2.41. The van der Waals surface area contributed by atoms with E-state index >= 15 is 0 Å². The average molecular weight is 215 g/mol. The first kappa shape index (κ1) is 11.2. The molecule has 0 unspecified atom stereocenters. The molecule has 0 aliphatic rings. The third kappa shape index (κ3) is 1.82. The summed E-state index contributed by atoms with van der Waals surface area (Å²) < 4.78 is 1.64. The summed E-state index contributed by atoms with van der Waals surface area (Å²) in [5.41, 5.74) is 1.13. The highest BCUT2D eigenvalue weighted by molar-refractivity contribution is 6.32. The molecule has 0 aromatic carbocycles. The van der Waals surface area contributed by atoms with Crippen LogP contribution in [0.3, 0.4) is 0 Å². The summed E-state index contributed by atoms with van der Waals surface area (Å²) in [6.45, 7) is 8.66. The van der Waals surface area contributed by atoms with Gasteiger partial charge in [0.2, 0.25) is 0 Å². The Kier molecular flexibility index (Phi) is 3.00. The van der Waals surface area contributed by atoms with Crippen molar-refractivity contribution in [2.45, 2.75) is 39.7 Å². The van der Waals surface area contributed by atoms with E-state index in [1.165, 1.54) is 0 Å². The zero-order valence-electron chi connectivity index (χ0n) is 8.97. The Morgan fingerprint density at radius 3 is 2.36 bits per heavy atom. The molecule has 14 heavy (non-hydrogen) atoms. The fraction of sp³-hybridized carbons (Fsp3) is 0.600. The van der Waals surface area contributed by atoms with E-state index in [9.17, 15) is 4.79 Å². The lowest BCUT2D eigenvalue weighted by Crippen LogP contribution is -2.14. The Labute approximate surface area is 89.1 Å². The van der Waals surface area contributed by atoms with E-state index in [-0.39, 0.29) is 5.41 Å². The summed E-state index contributed by atoms with van der Waals surface area (Å²) in [6.07, 6.45) is 0.780. The molecular weight excluding hydrogens is 200 g/mol. The largest absolute Gasteiger partial charge is 0.298 e. The maximum atomic E-state index is 10.9. The molecule has 78 valence electrons. The first-order chi connectivity index (χ1) is 6.41. The molecule has 1 heterocycles. The SMILES string of the molecule is CCn1nc(C(C)(C)C)c(C=O)c1Cl. The Bertz CT molecular complexity index is 350. The van der Waals surface area contributed by atoms with E-state index in [4.69, 9.17) is 11.6 Å². The Balaban J connectivity index is 3.37. The summed E-state index contributed by atoms with van der Waals surface area (Å²) in [6, 6.07) is 0. The van der Waals surface area contributed by atoms with Crippen LogP contribution >= 0.6 is 11.6 Å². The highest BCUT2D eigenvalue weighted by Crippen LogP contribution is 2.28. The van der Waals surface area contributed by atoms with Crippen molar-refractivity contribution in [1.82, 2.24) is 9.78 Å². The molecule has 4 heteroatoms. The molecule has 0 N–H and O–H groups in total. The van der Waals surface area contributed by atoms with Crippen LogP contribution < -0.4 is 0 Å². The number of aryl methyl sites for hydroxylation is 1. The summed E-state index contributed by atoms with van der Waals surface area (Å²) >= 11 is 6.01. The molecule has 0 bridgehead atoms. The van der Waals surface area contributed by atoms with Gasteiger partial charge in [0.05, 0.1) is 11.3 Å². The lowest BCUT2D eigenvalue weighted by atomic mass is 9.90. The van der Waals surface area contributed by atoms with E-state index in [1.54, 1.807) is 4.68 Å². The molecule has 0 aliphatic carbocycles. The molecule has 0 saturated carbocycles. The van der Waals surface area contributed by atoms with Crippen molar-refractivity contribution < 1.29 is 4.79 Å². The molecule has 0 fully saturated rings. The maximum Gasteiger partial charge on any atom is 0.155 e. The van der Waals surface area contributed by atoms with Crippen LogP contribution in [-0.4, -0.2) is 16.1 Å². The van der Waals surface area contributed by atoms with Crippen molar-refractivity contribution in [1.29, 1.82) is 0 Å². The summed E-state index contributed by atoms with van der Waals surface area (Å²) in [7, 11) is 0. The molecule has 3 nitrogen and oxygen atoms in total. The highest BCUT2D eigenvalue weighted by Gasteiger charge is 2.25. The van der Waals surface area contributed by atoms with E-state index in [1.807, 2.05) is 27.7 Å². The van der Waals surface area contributed by atoms with E-state index in [0.717, 1.165) is 12.0 Å². The van der Waals surface area contributed by atoms with Crippen LogP contribution in [0.5, 0.6) is 0 Å². The van der Waals surface area contributed by atoms with Gasteiger partial charge in [0.1, 0.15) is 5.15 Å². The van der Waals surface area contributed by atoms with E-state index < -0.39 is 0 Å². The van der Waals surface area contributed by atoms with Crippen molar-refractivity contribution in [3.63, 3.8) is 0 Å². The number of nitrogens with zero attached hydrogens (tertiary/aromatic N) is 2. The van der Waals surface area contributed by atoms with Crippen molar-refractivity contribution in [3.8, 4) is 0 Å². The predicted molar refractivity (Wildman–Crippen MR) is 57.0 cm³/mol. The third-order valence-corrected chi connectivity index (χ3v) is 2.45. The van der Waals surface area contributed by atoms with Crippen LogP contribution in [0, 0.1) is 0 Å². The van der Waals surface area contributed by atoms with Crippen LogP contribution in [0.15, 0.2) is 0 Å². The van der Waals surface area contributed by atoms with Crippen LogP contribution in [0.25, 0.3) is 0 Å². The molecule has 0 spiro atoms. The van der Waals surface area contributed by atoms with Crippen molar-refractivity contribution in [3.05, 3.63) is 16.4 Å². The number of hydrogen-bond acceptors (Lipinski definition) is 2. The minimum absolute atomic E-state index is 0.152. The van der Waals surface area contributed by atoms with Gasteiger partial charge in [0.25, 0.3) is 0 Å². The van der Waals surface area contributed by atoms with Gasteiger partial charge in [-0.25, -0.2) is 0 Å². The van der Waals surface area contributed by atoms with Crippen LogP contribution in [-0.2, 0) is 12.0 Å². The molecule has 1 aromatic rings. The third-order valence-electron chi connectivity index (χ3n) is 2.05. The normalized spacial score (nSPS) is 11.8. The van der Waals surface area contributed by atoms with Gasteiger partial charge in [0, 0.05) is 12.0 Å². The van der Waals surface area contributed by atoms with Gasteiger partial charge in [-0.1, -0.05) is 32.4 Å². The van der Waals surface area contributed by atoms with Crippen molar-refractivity contribution in [2.75, 3.05) is 0 Å². The van der Waals surface area contributed by atoms with Gasteiger partial charge in [-0.2, -0.15) is 5.10 Å². The van der Waals surface area contributed by atoms with Crippen LogP contribution in [0.2, 0.25) is 5.15 Å². The fourth-order valence-corrected chi connectivity index (χ4v) is 1.61. The summed E-state index contributed by atoms with van der Waals surface area (Å²) in [5.74, 6) is 0. The second kappa shape index (κ2) is 3.73. The van der Waals surface area contributed by atoms with Gasteiger partial charge in [-0.15, -0.1) is 0 Å². The smallest absolute Gasteiger partial charge is 0.155 e.